The van der Waals surface area contributed by atoms with Crippen molar-refractivity contribution in [1.29, 1.82) is 0 Å². The second-order valence-corrected chi connectivity index (χ2v) is 5.78. The Morgan fingerprint density at radius 1 is 0.963 bits per heavy atom. The summed E-state index contributed by atoms with van der Waals surface area (Å²) in [5, 5.41) is 14.8. The highest BCUT2D eigenvalue weighted by Crippen LogP contribution is 2.12. The van der Waals surface area contributed by atoms with E-state index in [1.165, 1.54) is 18.4 Å². The lowest BCUT2D eigenvalue weighted by Crippen LogP contribution is -2.48. The molecule has 1 aromatic carbocycles. The largest absolute Gasteiger partial charge is 0.473 e. The Bertz CT molecular complexity index is 756. The normalized spacial score (nSPS) is 14.2. The lowest BCUT2D eigenvalue weighted by molar-refractivity contribution is -0.159. The van der Waals surface area contributed by atoms with Crippen LogP contribution in [0.4, 0.5) is 4.39 Å². The second-order valence-electron chi connectivity index (χ2n) is 5.78. The maximum Gasteiger partial charge on any atom is 0.414 e. The zero-order chi connectivity index (χ0) is 19.8. The van der Waals surface area contributed by atoms with Crippen LogP contribution in [0.2, 0.25) is 0 Å². The van der Waals surface area contributed by atoms with E-state index >= 15 is 0 Å². The van der Waals surface area contributed by atoms with Gasteiger partial charge in [-0.05, 0) is 29.8 Å². The fourth-order valence-electron chi connectivity index (χ4n) is 2.51. The molecule has 0 radical (unpaired) electrons. The summed E-state index contributed by atoms with van der Waals surface area (Å²) in [6, 6.07) is 9.97. The number of carbonyl (C=O) groups is 3. The molecule has 2 N–H and O–H groups in total. The van der Waals surface area contributed by atoms with Crippen LogP contribution >= 0.6 is 0 Å². The molecule has 3 rings (SSSR count). The molecule has 1 fully saturated rings. The van der Waals surface area contributed by atoms with Crippen LogP contribution < -0.4 is 0 Å². The first-order valence-corrected chi connectivity index (χ1v) is 8.12. The van der Waals surface area contributed by atoms with E-state index in [9.17, 15) is 9.18 Å². The molecule has 2 heterocycles. The molecule has 1 aromatic heterocycles. The number of rotatable bonds is 3. The summed E-state index contributed by atoms with van der Waals surface area (Å²) in [5.41, 5.74) is 1.09. The van der Waals surface area contributed by atoms with Gasteiger partial charge in [0.2, 0.25) is 0 Å². The van der Waals surface area contributed by atoms with E-state index in [1.54, 1.807) is 29.2 Å². The molecule has 8 nitrogen and oxygen atoms in total. The standard InChI is InChI=1S/C16H17FN2O2.C2H2O4/c17-14-5-3-13(4-6-14)12-18-7-9-19(10-8-18)16(20)15-2-1-11-21-15;3-1(4)2(5)6/h1-6,11H,7-10,12H2;(H,3,4)(H,5,6). The summed E-state index contributed by atoms with van der Waals surface area (Å²) in [4.78, 5) is 34.4. The van der Waals surface area contributed by atoms with E-state index in [4.69, 9.17) is 24.2 Å². The van der Waals surface area contributed by atoms with Crippen molar-refractivity contribution in [2.24, 2.45) is 0 Å². The van der Waals surface area contributed by atoms with E-state index in [2.05, 4.69) is 4.90 Å². The molecular formula is C18H19FN2O6. The maximum atomic E-state index is 12.9. The fraction of sp³-hybridized carbons (Fsp3) is 0.278. The molecule has 2 aromatic rings. The van der Waals surface area contributed by atoms with Gasteiger partial charge in [-0.1, -0.05) is 12.1 Å². The lowest BCUT2D eigenvalue weighted by atomic mass is 10.2. The van der Waals surface area contributed by atoms with Gasteiger partial charge in [-0.3, -0.25) is 9.69 Å². The fourth-order valence-corrected chi connectivity index (χ4v) is 2.51. The van der Waals surface area contributed by atoms with E-state index in [0.29, 0.717) is 18.8 Å². The molecule has 0 saturated carbocycles. The lowest BCUT2D eigenvalue weighted by Gasteiger charge is -2.34. The summed E-state index contributed by atoms with van der Waals surface area (Å²) in [6.45, 7) is 3.76. The molecule has 144 valence electrons. The smallest absolute Gasteiger partial charge is 0.414 e. The third-order valence-electron chi connectivity index (χ3n) is 3.89. The molecule has 27 heavy (non-hydrogen) atoms. The van der Waals surface area contributed by atoms with Crippen LogP contribution in [0.25, 0.3) is 0 Å². The van der Waals surface area contributed by atoms with Gasteiger partial charge in [-0.15, -0.1) is 0 Å². The number of hydrogen-bond donors (Lipinski definition) is 2. The molecule has 0 spiro atoms. The summed E-state index contributed by atoms with van der Waals surface area (Å²) >= 11 is 0. The first-order valence-electron chi connectivity index (χ1n) is 8.12. The van der Waals surface area contributed by atoms with Crippen molar-refractivity contribution < 1.29 is 33.4 Å². The summed E-state index contributed by atoms with van der Waals surface area (Å²) in [5.74, 6) is -3.53. The summed E-state index contributed by atoms with van der Waals surface area (Å²) < 4.78 is 18.0. The molecule has 0 atom stereocenters. The van der Waals surface area contributed by atoms with Gasteiger partial charge in [0.15, 0.2) is 5.76 Å². The number of halogens is 1. The second kappa shape index (κ2) is 9.48. The van der Waals surface area contributed by atoms with E-state index in [-0.39, 0.29) is 11.7 Å². The van der Waals surface area contributed by atoms with Crippen LogP contribution in [-0.2, 0) is 16.1 Å². The van der Waals surface area contributed by atoms with Crippen molar-refractivity contribution in [3.8, 4) is 0 Å². The third-order valence-corrected chi connectivity index (χ3v) is 3.89. The number of hydrogen-bond acceptors (Lipinski definition) is 5. The van der Waals surface area contributed by atoms with Crippen LogP contribution in [0.3, 0.4) is 0 Å². The Morgan fingerprint density at radius 3 is 2.04 bits per heavy atom. The number of furan rings is 1. The van der Waals surface area contributed by atoms with E-state index in [0.717, 1.165) is 25.2 Å². The predicted octanol–water partition coefficient (Wildman–Crippen LogP) is 1.53. The topological polar surface area (TPSA) is 111 Å². The van der Waals surface area contributed by atoms with Crippen LogP contribution in [-0.4, -0.2) is 64.0 Å². The van der Waals surface area contributed by atoms with Gasteiger partial charge in [-0.2, -0.15) is 0 Å². The Balaban J connectivity index is 0.000000380. The van der Waals surface area contributed by atoms with Crippen molar-refractivity contribution in [2.45, 2.75) is 6.54 Å². The van der Waals surface area contributed by atoms with Crippen molar-refractivity contribution in [3.05, 3.63) is 59.8 Å². The minimum Gasteiger partial charge on any atom is -0.473 e. The molecule has 1 aliphatic rings. The summed E-state index contributed by atoms with van der Waals surface area (Å²) in [6.07, 6.45) is 1.51. The molecule has 0 bridgehead atoms. The molecule has 0 aliphatic carbocycles. The molecular weight excluding hydrogens is 359 g/mol. The van der Waals surface area contributed by atoms with Crippen LogP contribution in [0.1, 0.15) is 16.1 Å². The molecule has 0 unspecified atom stereocenters. The highest BCUT2D eigenvalue weighted by molar-refractivity contribution is 6.27. The Kier molecular flexibility index (Phi) is 7.07. The predicted molar refractivity (Wildman–Crippen MR) is 91.6 cm³/mol. The summed E-state index contributed by atoms with van der Waals surface area (Å²) in [7, 11) is 0. The third kappa shape index (κ3) is 6.23. The quantitative estimate of drug-likeness (QED) is 0.779. The number of benzene rings is 1. The van der Waals surface area contributed by atoms with Gasteiger partial charge < -0.3 is 19.5 Å². The number of carboxylic acids is 2. The van der Waals surface area contributed by atoms with Gasteiger partial charge >= 0.3 is 11.9 Å². The first-order chi connectivity index (χ1) is 12.9. The van der Waals surface area contributed by atoms with Gasteiger partial charge in [0.05, 0.1) is 6.26 Å². The van der Waals surface area contributed by atoms with Crippen LogP contribution in [0, 0.1) is 5.82 Å². The van der Waals surface area contributed by atoms with Gasteiger partial charge in [-0.25, -0.2) is 14.0 Å². The van der Waals surface area contributed by atoms with Crippen molar-refractivity contribution in [1.82, 2.24) is 9.80 Å². The van der Waals surface area contributed by atoms with Gasteiger partial charge in [0.1, 0.15) is 5.82 Å². The van der Waals surface area contributed by atoms with Crippen LogP contribution in [0.15, 0.2) is 47.1 Å². The zero-order valence-electron chi connectivity index (χ0n) is 14.4. The van der Waals surface area contributed by atoms with Crippen LogP contribution in [0.5, 0.6) is 0 Å². The highest BCUT2D eigenvalue weighted by atomic mass is 19.1. The molecule has 1 aliphatic heterocycles. The van der Waals surface area contributed by atoms with Gasteiger partial charge in [0, 0.05) is 32.7 Å². The van der Waals surface area contributed by atoms with Crippen molar-refractivity contribution >= 4 is 17.8 Å². The monoisotopic (exact) mass is 378 g/mol. The Morgan fingerprint density at radius 2 is 1.56 bits per heavy atom. The SMILES string of the molecule is O=C(O)C(=O)O.O=C(c1ccco1)N1CCN(Cc2ccc(F)cc2)CC1. The number of aliphatic carboxylic acids is 2. The molecule has 9 heteroatoms. The Hall–Kier alpha value is -3.20. The number of nitrogens with zero attached hydrogens (tertiary/aromatic N) is 2. The maximum absolute atomic E-state index is 12.9. The highest BCUT2D eigenvalue weighted by Gasteiger charge is 2.23. The minimum atomic E-state index is -1.82. The molecule has 1 saturated heterocycles. The number of carbonyl (C=O) groups excluding carboxylic acids is 1. The van der Waals surface area contributed by atoms with Gasteiger partial charge in [0.25, 0.3) is 5.91 Å². The average Bonchev–Trinajstić information content (AvgIpc) is 3.19. The van der Waals surface area contributed by atoms with Crippen molar-refractivity contribution in [3.63, 3.8) is 0 Å². The minimum absolute atomic E-state index is 0.0542. The van der Waals surface area contributed by atoms with E-state index < -0.39 is 11.9 Å². The molecule has 1 amide bonds. The first kappa shape index (κ1) is 20.1. The van der Waals surface area contributed by atoms with E-state index in [1.807, 2.05) is 0 Å². The average molecular weight is 378 g/mol. The van der Waals surface area contributed by atoms with Crippen molar-refractivity contribution in [2.75, 3.05) is 26.2 Å². The number of amides is 1. The number of carboxylic acid groups (broad SMARTS) is 2. The zero-order valence-corrected chi connectivity index (χ0v) is 14.4. The number of piperazine rings is 1. The Labute approximate surface area is 154 Å².